The zero-order chi connectivity index (χ0) is 14.6. The third-order valence-corrected chi connectivity index (χ3v) is 5.23. The summed E-state index contributed by atoms with van der Waals surface area (Å²) in [6.45, 7) is 0. The quantitative estimate of drug-likeness (QED) is 0.772. The van der Waals surface area contributed by atoms with E-state index in [-0.39, 0.29) is 17.7 Å². The maximum absolute atomic E-state index is 12.5. The standard InChI is InChI=1S/C16H27NO3/c1-17(13-7-3-2-4-8-13)14(18)11-16(12-15(19)20)9-5-6-10-16/h13H,2-12H2,1H3,(H,19,20)/p-1. The molecule has 0 aromatic heterocycles. The maximum atomic E-state index is 12.5. The second kappa shape index (κ2) is 6.59. The van der Waals surface area contributed by atoms with E-state index in [2.05, 4.69) is 0 Å². The van der Waals surface area contributed by atoms with Crippen molar-refractivity contribution in [3.63, 3.8) is 0 Å². The number of hydrogen-bond donors (Lipinski definition) is 0. The van der Waals surface area contributed by atoms with Crippen molar-refractivity contribution in [1.29, 1.82) is 0 Å². The van der Waals surface area contributed by atoms with Gasteiger partial charge in [0.15, 0.2) is 0 Å². The smallest absolute Gasteiger partial charge is 0.223 e. The van der Waals surface area contributed by atoms with Gasteiger partial charge >= 0.3 is 0 Å². The Hall–Kier alpha value is -1.06. The minimum Gasteiger partial charge on any atom is -0.550 e. The molecule has 0 unspecified atom stereocenters. The summed E-state index contributed by atoms with van der Waals surface area (Å²) >= 11 is 0. The van der Waals surface area contributed by atoms with Crippen molar-refractivity contribution in [2.24, 2.45) is 5.41 Å². The summed E-state index contributed by atoms with van der Waals surface area (Å²) in [6.07, 6.45) is 10.1. The first-order chi connectivity index (χ1) is 9.52. The predicted octanol–water partition coefficient (Wildman–Crippen LogP) is 1.87. The number of nitrogens with zero attached hydrogens (tertiary/aromatic N) is 1. The molecule has 0 radical (unpaired) electrons. The fraction of sp³-hybridized carbons (Fsp3) is 0.875. The van der Waals surface area contributed by atoms with Crippen LogP contribution < -0.4 is 5.11 Å². The summed E-state index contributed by atoms with van der Waals surface area (Å²) in [5.74, 6) is -0.889. The predicted molar refractivity (Wildman–Crippen MR) is 74.8 cm³/mol. The second-order valence-electron chi connectivity index (χ2n) is 6.73. The summed E-state index contributed by atoms with van der Waals surface area (Å²) in [5, 5.41) is 11.0. The zero-order valence-electron chi connectivity index (χ0n) is 12.5. The molecule has 2 fully saturated rings. The third-order valence-electron chi connectivity index (χ3n) is 5.23. The highest BCUT2D eigenvalue weighted by Gasteiger charge is 2.37. The van der Waals surface area contributed by atoms with Crippen LogP contribution in [0, 0.1) is 5.41 Å². The molecule has 20 heavy (non-hydrogen) atoms. The Balaban J connectivity index is 1.95. The molecule has 2 rings (SSSR count). The lowest BCUT2D eigenvalue weighted by atomic mass is 9.79. The molecular formula is C16H26NO3-. The summed E-state index contributed by atoms with van der Waals surface area (Å²) in [5.41, 5.74) is -0.334. The van der Waals surface area contributed by atoms with Gasteiger partial charge in [0.1, 0.15) is 0 Å². The van der Waals surface area contributed by atoms with Crippen molar-refractivity contribution in [3.05, 3.63) is 0 Å². The van der Waals surface area contributed by atoms with Crippen LogP contribution in [0.2, 0.25) is 0 Å². The molecule has 0 atom stereocenters. The first kappa shape index (κ1) is 15.3. The minimum absolute atomic E-state index is 0.0389. The zero-order valence-corrected chi connectivity index (χ0v) is 12.5. The Bertz CT molecular complexity index is 355. The number of carbonyl (C=O) groups excluding carboxylic acids is 2. The number of amides is 1. The van der Waals surface area contributed by atoms with Crippen molar-refractivity contribution in [1.82, 2.24) is 4.90 Å². The molecule has 0 spiro atoms. The number of carbonyl (C=O) groups is 2. The Labute approximate surface area is 121 Å². The van der Waals surface area contributed by atoms with E-state index in [1.54, 1.807) is 0 Å². The molecule has 4 heteroatoms. The van der Waals surface area contributed by atoms with E-state index in [1.807, 2.05) is 11.9 Å². The number of hydrogen-bond acceptors (Lipinski definition) is 3. The molecule has 0 aromatic rings. The van der Waals surface area contributed by atoms with Gasteiger partial charge < -0.3 is 14.8 Å². The van der Waals surface area contributed by atoms with Crippen molar-refractivity contribution < 1.29 is 14.7 Å². The number of carboxylic acid groups (broad SMARTS) is 1. The van der Waals surface area contributed by atoms with Crippen LogP contribution in [-0.4, -0.2) is 29.9 Å². The van der Waals surface area contributed by atoms with Crippen molar-refractivity contribution in [2.45, 2.75) is 76.7 Å². The number of rotatable bonds is 5. The highest BCUT2D eigenvalue weighted by Crippen LogP contribution is 2.44. The first-order valence-corrected chi connectivity index (χ1v) is 7.98. The molecule has 4 nitrogen and oxygen atoms in total. The Morgan fingerprint density at radius 2 is 1.65 bits per heavy atom. The molecule has 2 saturated carbocycles. The molecule has 2 aliphatic rings. The summed E-state index contributed by atoms with van der Waals surface area (Å²) < 4.78 is 0. The summed E-state index contributed by atoms with van der Waals surface area (Å²) in [6, 6.07) is 0.359. The van der Waals surface area contributed by atoms with E-state index in [0.717, 1.165) is 38.5 Å². The van der Waals surface area contributed by atoms with Crippen molar-refractivity contribution >= 4 is 11.9 Å². The molecule has 0 aliphatic heterocycles. The van der Waals surface area contributed by atoms with Gasteiger partial charge in [0.05, 0.1) is 0 Å². The van der Waals surface area contributed by atoms with Gasteiger partial charge in [0.2, 0.25) is 5.91 Å². The third kappa shape index (κ3) is 3.74. The molecule has 0 saturated heterocycles. The molecule has 0 bridgehead atoms. The van der Waals surface area contributed by atoms with Gasteiger partial charge in [-0.05, 0) is 37.5 Å². The molecule has 0 heterocycles. The highest BCUT2D eigenvalue weighted by molar-refractivity contribution is 5.78. The number of carboxylic acids is 1. The Morgan fingerprint density at radius 3 is 2.20 bits per heavy atom. The lowest BCUT2D eigenvalue weighted by Gasteiger charge is -2.35. The van der Waals surface area contributed by atoms with Gasteiger partial charge in [-0.1, -0.05) is 32.1 Å². The van der Waals surface area contributed by atoms with Gasteiger partial charge in [-0.3, -0.25) is 4.79 Å². The van der Waals surface area contributed by atoms with E-state index in [4.69, 9.17) is 0 Å². The van der Waals surface area contributed by atoms with E-state index < -0.39 is 5.97 Å². The van der Waals surface area contributed by atoms with Crippen molar-refractivity contribution in [3.8, 4) is 0 Å². The van der Waals surface area contributed by atoms with Crippen LogP contribution in [0.4, 0.5) is 0 Å². The normalized spacial score (nSPS) is 22.6. The minimum atomic E-state index is -1.01. The maximum Gasteiger partial charge on any atom is 0.223 e. The molecule has 1 amide bonds. The number of aliphatic carboxylic acids is 1. The average Bonchev–Trinajstić information content (AvgIpc) is 2.86. The molecule has 0 aromatic carbocycles. The lowest BCUT2D eigenvalue weighted by molar-refractivity contribution is -0.308. The van der Waals surface area contributed by atoms with Gasteiger partial charge in [-0.25, -0.2) is 0 Å². The van der Waals surface area contributed by atoms with Gasteiger partial charge in [0.25, 0.3) is 0 Å². The molecule has 114 valence electrons. The van der Waals surface area contributed by atoms with Crippen LogP contribution in [0.1, 0.15) is 70.6 Å². The SMILES string of the molecule is CN(C(=O)CC1(CC(=O)[O-])CCCC1)C1CCCCC1. The van der Waals surface area contributed by atoms with Crippen LogP contribution in [-0.2, 0) is 9.59 Å². The largest absolute Gasteiger partial charge is 0.550 e. The highest BCUT2D eigenvalue weighted by atomic mass is 16.4. The van der Waals surface area contributed by atoms with E-state index in [9.17, 15) is 14.7 Å². The van der Waals surface area contributed by atoms with Gasteiger partial charge in [-0.2, -0.15) is 0 Å². The topological polar surface area (TPSA) is 60.4 Å². The Kier molecular flexibility index (Phi) is 5.06. The lowest BCUT2D eigenvalue weighted by Crippen LogP contribution is -2.41. The van der Waals surface area contributed by atoms with Gasteiger partial charge in [0, 0.05) is 25.5 Å². The van der Waals surface area contributed by atoms with E-state index >= 15 is 0 Å². The molecule has 2 aliphatic carbocycles. The fourth-order valence-electron chi connectivity index (χ4n) is 3.96. The van der Waals surface area contributed by atoms with Crippen LogP contribution >= 0.6 is 0 Å². The molecular weight excluding hydrogens is 254 g/mol. The molecule has 0 N–H and O–H groups in total. The van der Waals surface area contributed by atoms with Crippen LogP contribution in [0.15, 0.2) is 0 Å². The van der Waals surface area contributed by atoms with Crippen LogP contribution in [0.25, 0.3) is 0 Å². The summed E-state index contributed by atoms with van der Waals surface area (Å²) in [7, 11) is 1.89. The Morgan fingerprint density at radius 1 is 1.05 bits per heavy atom. The van der Waals surface area contributed by atoms with E-state index in [1.165, 1.54) is 19.3 Å². The van der Waals surface area contributed by atoms with Crippen LogP contribution in [0.3, 0.4) is 0 Å². The first-order valence-electron chi connectivity index (χ1n) is 7.98. The van der Waals surface area contributed by atoms with Crippen LogP contribution in [0.5, 0.6) is 0 Å². The van der Waals surface area contributed by atoms with E-state index in [0.29, 0.717) is 12.5 Å². The monoisotopic (exact) mass is 280 g/mol. The average molecular weight is 280 g/mol. The second-order valence-corrected chi connectivity index (χ2v) is 6.73. The van der Waals surface area contributed by atoms with Gasteiger partial charge in [-0.15, -0.1) is 0 Å². The van der Waals surface area contributed by atoms with Crippen molar-refractivity contribution in [2.75, 3.05) is 7.05 Å². The fourth-order valence-corrected chi connectivity index (χ4v) is 3.96. The summed E-state index contributed by atoms with van der Waals surface area (Å²) in [4.78, 5) is 25.4.